The number of rotatable bonds is 6. The fourth-order valence-electron chi connectivity index (χ4n) is 1.86. The van der Waals surface area contributed by atoms with Gasteiger partial charge in [-0.25, -0.2) is 4.98 Å². The van der Waals surface area contributed by atoms with Crippen molar-refractivity contribution in [3.8, 4) is 0 Å². The minimum atomic E-state index is 0.0243. The molecule has 0 fully saturated rings. The quantitative estimate of drug-likeness (QED) is 0.604. The van der Waals surface area contributed by atoms with Gasteiger partial charge in [0.05, 0.1) is 12.7 Å². The van der Waals surface area contributed by atoms with Gasteiger partial charge in [-0.1, -0.05) is 12.1 Å². The van der Waals surface area contributed by atoms with Crippen LogP contribution in [0.1, 0.15) is 12.0 Å². The Morgan fingerprint density at radius 2 is 2.32 bits per heavy atom. The van der Waals surface area contributed by atoms with Crippen molar-refractivity contribution in [2.75, 3.05) is 12.3 Å². The number of hydrogen-bond donors (Lipinski definition) is 2. The first-order chi connectivity index (χ1) is 9.24. The zero-order valence-corrected chi connectivity index (χ0v) is 10.7. The van der Waals surface area contributed by atoms with Crippen LogP contribution in [0.2, 0.25) is 0 Å². The van der Waals surface area contributed by atoms with Crippen molar-refractivity contribution >= 4 is 11.6 Å². The Bertz CT molecular complexity index is 522. The van der Waals surface area contributed by atoms with Crippen LogP contribution in [0, 0.1) is 0 Å². The second-order valence-electron chi connectivity index (χ2n) is 4.43. The summed E-state index contributed by atoms with van der Waals surface area (Å²) in [4.78, 5) is 15.7. The van der Waals surface area contributed by atoms with Crippen molar-refractivity contribution in [2.24, 2.45) is 0 Å². The first-order valence-electron chi connectivity index (χ1n) is 6.31. The molecular formula is C14H18N4O. The highest BCUT2D eigenvalue weighted by Gasteiger charge is 2.02. The predicted octanol–water partition coefficient (Wildman–Crippen LogP) is 1.21. The molecule has 1 amide bonds. The molecule has 19 heavy (non-hydrogen) atoms. The third-order valence-corrected chi connectivity index (χ3v) is 2.79. The van der Waals surface area contributed by atoms with Gasteiger partial charge in [0, 0.05) is 31.2 Å². The number of imidazole rings is 1. The van der Waals surface area contributed by atoms with Crippen molar-refractivity contribution in [3.63, 3.8) is 0 Å². The van der Waals surface area contributed by atoms with Gasteiger partial charge in [0.25, 0.3) is 0 Å². The van der Waals surface area contributed by atoms with Gasteiger partial charge in [-0.2, -0.15) is 0 Å². The number of carbonyl (C=O) groups excluding carboxylic acids is 1. The summed E-state index contributed by atoms with van der Waals surface area (Å²) in [5.74, 6) is 0.0243. The number of carbonyl (C=O) groups is 1. The van der Waals surface area contributed by atoms with Gasteiger partial charge < -0.3 is 15.6 Å². The molecule has 0 bridgehead atoms. The van der Waals surface area contributed by atoms with Gasteiger partial charge in [-0.05, 0) is 24.1 Å². The van der Waals surface area contributed by atoms with E-state index in [4.69, 9.17) is 5.73 Å². The molecule has 1 aromatic carbocycles. The average Bonchev–Trinajstić information content (AvgIpc) is 2.88. The molecule has 100 valence electrons. The Balaban J connectivity index is 1.67. The smallest absolute Gasteiger partial charge is 0.224 e. The van der Waals surface area contributed by atoms with Crippen molar-refractivity contribution in [1.29, 1.82) is 0 Å². The van der Waals surface area contributed by atoms with Crippen LogP contribution in [0.3, 0.4) is 0 Å². The lowest BCUT2D eigenvalue weighted by Gasteiger charge is -2.06. The molecule has 0 radical (unpaired) electrons. The lowest BCUT2D eigenvalue weighted by atomic mass is 10.1. The van der Waals surface area contributed by atoms with Gasteiger partial charge in [0.2, 0.25) is 5.91 Å². The van der Waals surface area contributed by atoms with E-state index in [9.17, 15) is 4.79 Å². The van der Waals surface area contributed by atoms with E-state index in [1.54, 1.807) is 12.5 Å². The summed E-state index contributed by atoms with van der Waals surface area (Å²) >= 11 is 0. The van der Waals surface area contributed by atoms with Crippen LogP contribution in [-0.2, 0) is 17.8 Å². The Kier molecular flexibility index (Phi) is 4.55. The summed E-state index contributed by atoms with van der Waals surface area (Å²) in [6.07, 6.45) is 6.69. The highest BCUT2D eigenvalue weighted by molar-refractivity contribution is 5.78. The molecule has 2 rings (SSSR count). The van der Waals surface area contributed by atoms with Crippen molar-refractivity contribution in [1.82, 2.24) is 14.9 Å². The van der Waals surface area contributed by atoms with E-state index in [0.717, 1.165) is 18.5 Å². The SMILES string of the molecule is Nc1cccc(CC(=O)NCCCn2ccnc2)c1. The van der Waals surface area contributed by atoms with Crippen molar-refractivity contribution < 1.29 is 4.79 Å². The molecule has 1 aromatic heterocycles. The number of nitrogens with two attached hydrogens (primary N) is 1. The number of amides is 1. The number of aryl methyl sites for hydroxylation is 1. The first-order valence-corrected chi connectivity index (χ1v) is 6.31. The Hall–Kier alpha value is -2.30. The normalized spacial score (nSPS) is 10.3. The second kappa shape index (κ2) is 6.58. The van der Waals surface area contributed by atoms with Crippen LogP contribution in [0.4, 0.5) is 5.69 Å². The third-order valence-electron chi connectivity index (χ3n) is 2.79. The van der Waals surface area contributed by atoms with E-state index in [1.807, 2.05) is 35.0 Å². The Morgan fingerprint density at radius 1 is 1.42 bits per heavy atom. The highest BCUT2D eigenvalue weighted by atomic mass is 16.1. The van der Waals surface area contributed by atoms with Crippen molar-refractivity contribution in [2.45, 2.75) is 19.4 Å². The minimum absolute atomic E-state index is 0.0243. The topological polar surface area (TPSA) is 72.9 Å². The van der Waals surface area contributed by atoms with Gasteiger partial charge >= 0.3 is 0 Å². The van der Waals surface area contributed by atoms with Gasteiger partial charge in [-0.3, -0.25) is 4.79 Å². The molecule has 2 aromatic rings. The monoisotopic (exact) mass is 258 g/mol. The number of aromatic nitrogens is 2. The molecule has 0 unspecified atom stereocenters. The number of anilines is 1. The summed E-state index contributed by atoms with van der Waals surface area (Å²) in [5.41, 5.74) is 7.29. The van der Waals surface area contributed by atoms with Crippen LogP contribution in [-0.4, -0.2) is 22.0 Å². The largest absolute Gasteiger partial charge is 0.399 e. The van der Waals surface area contributed by atoms with E-state index < -0.39 is 0 Å². The van der Waals surface area contributed by atoms with Crippen LogP contribution < -0.4 is 11.1 Å². The van der Waals surface area contributed by atoms with Gasteiger partial charge in [-0.15, -0.1) is 0 Å². The number of nitrogens with one attached hydrogen (secondary N) is 1. The molecule has 0 saturated heterocycles. The zero-order valence-electron chi connectivity index (χ0n) is 10.7. The maximum absolute atomic E-state index is 11.7. The predicted molar refractivity (Wildman–Crippen MR) is 74.4 cm³/mol. The fraction of sp³-hybridized carbons (Fsp3) is 0.286. The summed E-state index contributed by atoms with van der Waals surface area (Å²) in [5, 5.41) is 2.90. The van der Waals surface area contributed by atoms with E-state index >= 15 is 0 Å². The Labute approximate surface area is 112 Å². The standard InChI is InChI=1S/C14H18N4O/c15-13-4-1-3-12(9-13)10-14(19)17-5-2-7-18-8-6-16-11-18/h1,3-4,6,8-9,11H,2,5,7,10,15H2,(H,17,19). The maximum Gasteiger partial charge on any atom is 0.224 e. The zero-order chi connectivity index (χ0) is 13.5. The maximum atomic E-state index is 11.7. The van der Waals surface area contributed by atoms with Crippen molar-refractivity contribution in [3.05, 3.63) is 48.5 Å². The minimum Gasteiger partial charge on any atom is -0.399 e. The number of hydrogen-bond acceptors (Lipinski definition) is 3. The summed E-state index contributed by atoms with van der Waals surface area (Å²) in [7, 11) is 0. The average molecular weight is 258 g/mol. The second-order valence-corrected chi connectivity index (χ2v) is 4.43. The van der Waals surface area contributed by atoms with Crippen LogP contribution in [0.5, 0.6) is 0 Å². The summed E-state index contributed by atoms with van der Waals surface area (Å²) in [6, 6.07) is 7.40. The number of benzene rings is 1. The summed E-state index contributed by atoms with van der Waals surface area (Å²) in [6.45, 7) is 1.53. The molecule has 3 N–H and O–H groups in total. The van der Waals surface area contributed by atoms with Crippen LogP contribution >= 0.6 is 0 Å². The van der Waals surface area contributed by atoms with Crippen LogP contribution in [0.25, 0.3) is 0 Å². The molecule has 0 atom stereocenters. The number of nitrogen functional groups attached to an aromatic ring is 1. The van der Waals surface area contributed by atoms with Gasteiger partial charge in [0.15, 0.2) is 0 Å². The third kappa shape index (κ3) is 4.46. The molecule has 5 heteroatoms. The molecule has 0 aliphatic carbocycles. The van der Waals surface area contributed by atoms with E-state index in [2.05, 4.69) is 10.3 Å². The number of nitrogens with zero attached hydrogens (tertiary/aromatic N) is 2. The van der Waals surface area contributed by atoms with E-state index in [0.29, 0.717) is 18.7 Å². The lowest BCUT2D eigenvalue weighted by molar-refractivity contribution is -0.120. The molecule has 1 heterocycles. The fourth-order valence-corrected chi connectivity index (χ4v) is 1.86. The molecule has 0 saturated carbocycles. The first kappa shape index (κ1) is 13.1. The van der Waals surface area contributed by atoms with E-state index in [1.165, 1.54) is 0 Å². The van der Waals surface area contributed by atoms with Crippen LogP contribution in [0.15, 0.2) is 43.0 Å². The molecule has 0 aliphatic heterocycles. The molecule has 0 spiro atoms. The highest BCUT2D eigenvalue weighted by Crippen LogP contribution is 2.06. The van der Waals surface area contributed by atoms with E-state index in [-0.39, 0.29) is 5.91 Å². The van der Waals surface area contributed by atoms with Gasteiger partial charge in [0.1, 0.15) is 0 Å². The molecule has 5 nitrogen and oxygen atoms in total. The summed E-state index contributed by atoms with van der Waals surface area (Å²) < 4.78 is 1.99. The molecule has 0 aliphatic rings. The Morgan fingerprint density at radius 3 is 3.05 bits per heavy atom. The molecular weight excluding hydrogens is 240 g/mol. The lowest BCUT2D eigenvalue weighted by Crippen LogP contribution is -2.26.